The van der Waals surface area contributed by atoms with E-state index in [2.05, 4.69) is 37.9 Å². The second kappa shape index (κ2) is 7.28. The fourth-order valence-electron chi connectivity index (χ4n) is 3.55. The molecule has 3 nitrogen and oxygen atoms in total. The van der Waals surface area contributed by atoms with Crippen molar-refractivity contribution in [3.8, 4) is 0 Å². The van der Waals surface area contributed by atoms with Crippen molar-refractivity contribution in [2.24, 2.45) is 11.8 Å². The Labute approximate surface area is 134 Å². The minimum atomic E-state index is -0.499. The van der Waals surface area contributed by atoms with Crippen LogP contribution >= 0.6 is 12.4 Å². The van der Waals surface area contributed by atoms with E-state index < -0.39 is 5.60 Å². The molecular weight excluding hydrogens is 286 g/mol. The summed E-state index contributed by atoms with van der Waals surface area (Å²) in [5.74, 6) is 0.431. The average Bonchev–Trinajstić information content (AvgIpc) is 2.43. The van der Waals surface area contributed by atoms with E-state index in [-0.39, 0.29) is 30.2 Å². The SMILES string of the molecule is CCC(=O)OC1(c2ccccc2)C(C)CN(C)CC1C.Cl. The highest BCUT2D eigenvalue weighted by Gasteiger charge is 2.49. The Hall–Kier alpha value is -1.06. The second-order valence-corrected chi connectivity index (χ2v) is 6.01. The average molecular weight is 312 g/mol. The second-order valence-electron chi connectivity index (χ2n) is 6.01. The Bertz CT molecular complexity index is 451. The van der Waals surface area contributed by atoms with Gasteiger partial charge in [-0.05, 0) is 12.6 Å². The zero-order valence-electron chi connectivity index (χ0n) is 13.3. The molecule has 0 N–H and O–H groups in total. The highest BCUT2D eigenvalue weighted by molar-refractivity contribution is 5.85. The maximum atomic E-state index is 12.0. The van der Waals surface area contributed by atoms with E-state index in [4.69, 9.17) is 4.74 Å². The molecule has 2 atom stereocenters. The van der Waals surface area contributed by atoms with Gasteiger partial charge >= 0.3 is 5.97 Å². The lowest BCUT2D eigenvalue weighted by atomic mass is 9.70. The summed E-state index contributed by atoms with van der Waals surface area (Å²) in [5, 5.41) is 0. The summed E-state index contributed by atoms with van der Waals surface area (Å²) in [6.45, 7) is 8.10. The molecule has 0 amide bonds. The van der Waals surface area contributed by atoms with Gasteiger partial charge < -0.3 is 9.64 Å². The summed E-state index contributed by atoms with van der Waals surface area (Å²) < 4.78 is 6.02. The first-order valence-corrected chi connectivity index (χ1v) is 7.46. The number of carbonyl (C=O) groups excluding carboxylic acids is 1. The first kappa shape index (κ1) is 18.0. The van der Waals surface area contributed by atoms with E-state index in [1.54, 1.807) is 0 Å². The lowest BCUT2D eigenvalue weighted by Crippen LogP contribution is -2.55. The first-order valence-electron chi connectivity index (χ1n) is 7.46. The molecule has 1 saturated heterocycles. The number of esters is 1. The number of hydrogen-bond acceptors (Lipinski definition) is 3. The molecule has 2 rings (SSSR count). The van der Waals surface area contributed by atoms with Gasteiger partial charge in [0.15, 0.2) is 0 Å². The Kier molecular flexibility index (Phi) is 6.24. The van der Waals surface area contributed by atoms with Crippen LogP contribution in [0.4, 0.5) is 0 Å². The highest BCUT2D eigenvalue weighted by atomic mass is 35.5. The van der Waals surface area contributed by atoms with Crippen molar-refractivity contribution in [1.82, 2.24) is 4.90 Å². The largest absolute Gasteiger partial charge is 0.453 e. The summed E-state index contributed by atoms with van der Waals surface area (Å²) in [7, 11) is 2.13. The molecule has 21 heavy (non-hydrogen) atoms. The molecular formula is C17H26ClNO2. The predicted octanol–water partition coefficient (Wildman–Crippen LogP) is 3.47. The molecule has 4 heteroatoms. The Morgan fingerprint density at radius 2 is 1.76 bits per heavy atom. The van der Waals surface area contributed by atoms with Crippen molar-refractivity contribution in [2.75, 3.05) is 20.1 Å². The first-order chi connectivity index (χ1) is 9.50. The van der Waals surface area contributed by atoms with Gasteiger partial charge in [0.1, 0.15) is 5.60 Å². The number of halogens is 1. The van der Waals surface area contributed by atoms with Crippen molar-refractivity contribution in [2.45, 2.75) is 32.8 Å². The van der Waals surface area contributed by atoms with Crippen LogP contribution in [0.15, 0.2) is 30.3 Å². The summed E-state index contributed by atoms with van der Waals surface area (Å²) >= 11 is 0. The molecule has 0 aromatic heterocycles. The molecule has 1 aromatic rings. The maximum absolute atomic E-state index is 12.0. The smallest absolute Gasteiger partial charge is 0.306 e. The number of rotatable bonds is 3. The maximum Gasteiger partial charge on any atom is 0.306 e. The molecule has 0 radical (unpaired) electrons. The van der Waals surface area contributed by atoms with Crippen LogP contribution in [0.2, 0.25) is 0 Å². The number of nitrogens with zero attached hydrogens (tertiary/aromatic N) is 1. The third-order valence-electron chi connectivity index (χ3n) is 4.43. The summed E-state index contributed by atoms with van der Waals surface area (Å²) in [4.78, 5) is 14.3. The van der Waals surface area contributed by atoms with Gasteiger partial charge in [-0.25, -0.2) is 0 Å². The third-order valence-corrected chi connectivity index (χ3v) is 4.43. The van der Waals surface area contributed by atoms with Gasteiger partial charge in [-0.3, -0.25) is 4.79 Å². The zero-order valence-corrected chi connectivity index (χ0v) is 14.2. The third kappa shape index (κ3) is 3.41. The van der Waals surface area contributed by atoms with Crippen LogP contribution in [-0.4, -0.2) is 31.0 Å². The molecule has 1 aromatic carbocycles. The van der Waals surface area contributed by atoms with E-state index in [1.165, 1.54) is 0 Å². The van der Waals surface area contributed by atoms with Crippen LogP contribution in [0.3, 0.4) is 0 Å². The van der Waals surface area contributed by atoms with Gasteiger partial charge in [0, 0.05) is 31.3 Å². The number of likely N-dealkylation sites (tertiary alicyclic amines) is 1. The lowest BCUT2D eigenvalue weighted by molar-refractivity contribution is -0.185. The van der Waals surface area contributed by atoms with Crippen LogP contribution < -0.4 is 0 Å². The van der Waals surface area contributed by atoms with Crippen LogP contribution in [0.1, 0.15) is 32.8 Å². The number of hydrogen-bond donors (Lipinski definition) is 0. The molecule has 1 aliphatic heterocycles. The molecule has 0 bridgehead atoms. The summed E-state index contributed by atoms with van der Waals surface area (Å²) in [5.41, 5.74) is 0.621. The Balaban J connectivity index is 0.00000220. The fraction of sp³-hybridized carbons (Fsp3) is 0.588. The van der Waals surface area contributed by atoms with Crippen molar-refractivity contribution >= 4 is 18.4 Å². The molecule has 1 aliphatic rings. The van der Waals surface area contributed by atoms with E-state index in [0.717, 1.165) is 18.7 Å². The number of carbonyl (C=O) groups is 1. The molecule has 0 aliphatic carbocycles. The molecule has 1 fully saturated rings. The van der Waals surface area contributed by atoms with E-state index >= 15 is 0 Å². The fourth-order valence-corrected chi connectivity index (χ4v) is 3.55. The highest BCUT2D eigenvalue weighted by Crippen LogP contribution is 2.44. The van der Waals surface area contributed by atoms with Crippen LogP contribution in [0.25, 0.3) is 0 Å². The van der Waals surface area contributed by atoms with E-state index in [0.29, 0.717) is 6.42 Å². The van der Waals surface area contributed by atoms with Gasteiger partial charge in [-0.2, -0.15) is 0 Å². The summed E-state index contributed by atoms with van der Waals surface area (Å²) in [6, 6.07) is 10.2. The quantitative estimate of drug-likeness (QED) is 0.801. The van der Waals surface area contributed by atoms with E-state index in [9.17, 15) is 4.79 Å². The van der Waals surface area contributed by atoms with Crippen LogP contribution in [0, 0.1) is 11.8 Å². The van der Waals surface area contributed by atoms with E-state index in [1.807, 2.05) is 25.1 Å². The van der Waals surface area contributed by atoms with Gasteiger partial charge in [0.2, 0.25) is 0 Å². The van der Waals surface area contributed by atoms with Crippen LogP contribution in [-0.2, 0) is 15.1 Å². The summed E-state index contributed by atoms with van der Waals surface area (Å²) in [6.07, 6.45) is 0.420. The Morgan fingerprint density at radius 3 is 2.24 bits per heavy atom. The standard InChI is InChI=1S/C17H25NO2.ClH/c1-5-16(19)20-17(15-9-7-6-8-10-15)13(2)11-18(4)12-14(17)3;/h6-10,13-14H,5,11-12H2,1-4H3;1H. The van der Waals surface area contributed by atoms with Gasteiger partial charge in [-0.1, -0.05) is 51.1 Å². The molecule has 2 unspecified atom stereocenters. The monoisotopic (exact) mass is 311 g/mol. The topological polar surface area (TPSA) is 29.5 Å². The molecule has 1 heterocycles. The van der Waals surface area contributed by atoms with Crippen molar-refractivity contribution in [3.05, 3.63) is 35.9 Å². The Morgan fingerprint density at radius 1 is 1.24 bits per heavy atom. The number of piperidine rings is 1. The minimum absolute atomic E-state index is 0. The van der Waals surface area contributed by atoms with Crippen molar-refractivity contribution in [3.63, 3.8) is 0 Å². The van der Waals surface area contributed by atoms with Gasteiger partial charge in [0.05, 0.1) is 0 Å². The number of benzene rings is 1. The lowest BCUT2D eigenvalue weighted by Gasteiger charge is -2.49. The van der Waals surface area contributed by atoms with Crippen molar-refractivity contribution in [1.29, 1.82) is 0 Å². The normalized spacial score (nSPS) is 29.5. The molecule has 118 valence electrons. The van der Waals surface area contributed by atoms with Gasteiger partial charge in [-0.15, -0.1) is 12.4 Å². The number of ether oxygens (including phenoxy) is 1. The zero-order chi connectivity index (χ0) is 14.8. The predicted molar refractivity (Wildman–Crippen MR) is 87.6 cm³/mol. The van der Waals surface area contributed by atoms with Gasteiger partial charge in [0.25, 0.3) is 0 Å². The van der Waals surface area contributed by atoms with Crippen molar-refractivity contribution < 1.29 is 9.53 Å². The molecule has 0 spiro atoms. The van der Waals surface area contributed by atoms with Crippen LogP contribution in [0.5, 0.6) is 0 Å². The molecule has 0 saturated carbocycles. The minimum Gasteiger partial charge on any atom is -0.453 e.